The Morgan fingerprint density at radius 2 is 1.75 bits per heavy atom. The molecule has 1 amide bonds. The van der Waals surface area contributed by atoms with Crippen molar-refractivity contribution in [2.24, 2.45) is 5.73 Å². The minimum Gasteiger partial charge on any atom is -0.380 e. The molecule has 24 heavy (non-hydrogen) atoms. The van der Waals surface area contributed by atoms with Crippen LogP contribution < -0.4 is 5.73 Å². The average molecular weight is 378 g/mol. The number of carbonyl (C=O) groups excluding carboxylic acids is 1. The lowest BCUT2D eigenvalue weighted by molar-refractivity contribution is -0.138. The smallest absolute Gasteiger partial charge is 0.247 e. The van der Waals surface area contributed by atoms with Gasteiger partial charge in [0.15, 0.2) is 0 Å². The van der Waals surface area contributed by atoms with Crippen molar-refractivity contribution in [3.63, 3.8) is 0 Å². The van der Waals surface area contributed by atoms with Gasteiger partial charge in [-0.15, -0.1) is 24.8 Å². The summed E-state index contributed by atoms with van der Waals surface area (Å²) in [6.45, 7) is 9.44. The maximum absolute atomic E-state index is 12.7. The summed E-state index contributed by atoms with van der Waals surface area (Å²) in [7, 11) is 0. The molecule has 0 spiro atoms. The molecule has 1 atom stereocenters. The number of hydrogen-bond acceptors (Lipinski definition) is 4. The third kappa shape index (κ3) is 5.90. The molecule has 138 valence electrons. The molecule has 0 bridgehead atoms. The third-order valence-electron chi connectivity index (χ3n) is 4.23. The summed E-state index contributed by atoms with van der Waals surface area (Å²) in [4.78, 5) is 17.0. The standard InChI is InChI=1S/C17H27N3O2.2ClH/c1-3-22-14-13-19-9-11-20(12-10-19)16(21)17(2,18)15-7-5-4-6-8-15;;/h4-8H,3,9-14,18H2,1-2H3;2*1H. The first-order valence-corrected chi connectivity index (χ1v) is 7.99. The topological polar surface area (TPSA) is 58.8 Å². The number of amides is 1. The van der Waals surface area contributed by atoms with Crippen LogP contribution in [0.5, 0.6) is 0 Å². The Morgan fingerprint density at radius 3 is 2.29 bits per heavy atom. The van der Waals surface area contributed by atoms with Gasteiger partial charge in [0.2, 0.25) is 5.91 Å². The van der Waals surface area contributed by atoms with Crippen molar-refractivity contribution >= 4 is 30.7 Å². The molecule has 7 heteroatoms. The molecule has 1 aliphatic rings. The Balaban J connectivity index is 0.00000264. The van der Waals surface area contributed by atoms with Gasteiger partial charge < -0.3 is 15.4 Å². The lowest BCUT2D eigenvalue weighted by Crippen LogP contribution is -2.57. The van der Waals surface area contributed by atoms with E-state index in [1.54, 1.807) is 6.92 Å². The van der Waals surface area contributed by atoms with E-state index in [9.17, 15) is 4.79 Å². The predicted octanol–water partition coefficient (Wildman–Crippen LogP) is 1.88. The second kappa shape index (κ2) is 10.9. The molecular formula is C17H29Cl2N3O2. The van der Waals surface area contributed by atoms with Crippen LogP contribution in [0.15, 0.2) is 30.3 Å². The van der Waals surface area contributed by atoms with Crippen molar-refractivity contribution in [3.05, 3.63) is 35.9 Å². The van der Waals surface area contributed by atoms with Crippen molar-refractivity contribution in [1.29, 1.82) is 0 Å². The molecule has 1 unspecified atom stereocenters. The summed E-state index contributed by atoms with van der Waals surface area (Å²) in [6, 6.07) is 9.59. The summed E-state index contributed by atoms with van der Waals surface area (Å²) < 4.78 is 5.38. The van der Waals surface area contributed by atoms with Crippen LogP contribution in [-0.4, -0.2) is 61.6 Å². The van der Waals surface area contributed by atoms with Gasteiger partial charge in [-0.3, -0.25) is 9.69 Å². The molecule has 1 aliphatic heterocycles. The highest BCUT2D eigenvalue weighted by Crippen LogP contribution is 2.21. The molecule has 2 rings (SSSR count). The van der Waals surface area contributed by atoms with Crippen LogP contribution in [0.4, 0.5) is 0 Å². The number of ether oxygens (including phenoxy) is 1. The van der Waals surface area contributed by atoms with Crippen molar-refractivity contribution < 1.29 is 9.53 Å². The number of rotatable bonds is 6. The second-order valence-electron chi connectivity index (χ2n) is 5.90. The Labute approximate surface area is 157 Å². The number of halogens is 2. The van der Waals surface area contributed by atoms with E-state index in [2.05, 4.69) is 4.90 Å². The molecule has 0 aliphatic carbocycles. The van der Waals surface area contributed by atoms with E-state index in [0.717, 1.165) is 51.5 Å². The van der Waals surface area contributed by atoms with E-state index in [1.165, 1.54) is 0 Å². The minimum atomic E-state index is -0.964. The Morgan fingerprint density at radius 1 is 1.17 bits per heavy atom. The molecule has 2 N–H and O–H groups in total. The molecule has 1 saturated heterocycles. The summed E-state index contributed by atoms with van der Waals surface area (Å²) in [5.41, 5.74) is 6.22. The van der Waals surface area contributed by atoms with Crippen LogP contribution in [0.3, 0.4) is 0 Å². The molecule has 0 saturated carbocycles. The van der Waals surface area contributed by atoms with Gasteiger partial charge >= 0.3 is 0 Å². The molecular weight excluding hydrogens is 349 g/mol. The largest absolute Gasteiger partial charge is 0.380 e. The number of nitrogens with two attached hydrogens (primary N) is 1. The molecule has 0 radical (unpaired) electrons. The van der Waals surface area contributed by atoms with Crippen LogP contribution >= 0.6 is 24.8 Å². The molecule has 1 aromatic carbocycles. The van der Waals surface area contributed by atoms with Crippen molar-refractivity contribution in [2.45, 2.75) is 19.4 Å². The number of carbonyl (C=O) groups is 1. The van der Waals surface area contributed by atoms with Gasteiger partial charge in [-0.2, -0.15) is 0 Å². The van der Waals surface area contributed by atoms with Gasteiger partial charge in [-0.1, -0.05) is 30.3 Å². The first-order chi connectivity index (χ1) is 10.6. The van der Waals surface area contributed by atoms with Gasteiger partial charge in [0, 0.05) is 39.3 Å². The number of benzene rings is 1. The average Bonchev–Trinajstić information content (AvgIpc) is 2.56. The van der Waals surface area contributed by atoms with Gasteiger partial charge in [-0.25, -0.2) is 0 Å². The van der Waals surface area contributed by atoms with Crippen LogP contribution in [0.25, 0.3) is 0 Å². The monoisotopic (exact) mass is 377 g/mol. The molecule has 1 fully saturated rings. The van der Waals surface area contributed by atoms with E-state index in [0.29, 0.717) is 0 Å². The Hall–Kier alpha value is -0.850. The third-order valence-corrected chi connectivity index (χ3v) is 4.23. The summed E-state index contributed by atoms with van der Waals surface area (Å²) in [6.07, 6.45) is 0. The summed E-state index contributed by atoms with van der Waals surface area (Å²) >= 11 is 0. The van der Waals surface area contributed by atoms with Crippen LogP contribution in [0.1, 0.15) is 19.4 Å². The van der Waals surface area contributed by atoms with E-state index >= 15 is 0 Å². The quantitative estimate of drug-likeness (QED) is 0.768. The zero-order chi connectivity index (χ0) is 16.0. The number of hydrogen-bond donors (Lipinski definition) is 1. The first kappa shape index (κ1) is 23.1. The minimum absolute atomic E-state index is 0. The maximum atomic E-state index is 12.7. The van der Waals surface area contributed by atoms with E-state index in [1.807, 2.05) is 42.2 Å². The lowest BCUT2D eigenvalue weighted by Gasteiger charge is -2.38. The molecule has 1 heterocycles. The van der Waals surface area contributed by atoms with Gasteiger partial charge in [0.05, 0.1) is 6.61 Å². The second-order valence-corrected chi connectivity index (χ2v) is 5.90. The summed E-state index contributed by atoms with van der Waals surface area (Å²) in [5.74, 6) is 0.00292. The lowest BCUT2D eigenvalue weighted by atomic mass is 9.91. The fourth-order valence-electron chi connectivity index (χ4n) is 2.75. The van der Waals surface area contributed by atoms with Crippen molar-refractivity contribution in [2.75, 3.05) is 45.9 Å². The first-order valence-electron chi connectivity index (χ1n) is 7.99. The highest BCUT2D eigenvalue weighted by Gasteiger charge is 2.35. The highest BCUT2D eigenvalue weighted by atomic mass is 35.5. The SMILES string of the molecule is CCOCCN1CCN(C(=O)C(C)(N)c2ccccc2)CC1.Cl.Cl. The van der Waals surface area contributed by atoms with E-state index < -0.39 is 5.54 Å². The number of nitrogens with zero attached hydrogens (tertiary/aromatic N) is 2. The number of piperazine rings is 1. The fraction of sp³-hybridized carbons (Fsp3) is 0.588. The van der Waals surface area contributed by atoms with Gasteiger partial charge in [-0.05, 0) is 19.4 Å². The molecule has 5 nitrogen and oxygen atoms in total. The zero-order valence-electron chi connectivity index (χ0n) is 14.4. The van der Waals surface area contributed by atoms with Crippen molar-refractivity contribution in [1.82, 2.24) is 9.80 Å². The van der Waals surface area contributed by atoms with Crippen LogP contribution in [-0.2, 0) is 15.1 Å². The normalized spacial score (nSPS) is 17.4. The van der Waals surface area contributed by atoms with Crippen LogP contribution in [0.2, 0.25) is 0 Å². The Bertz CT molecular complexity index is 478. The van der Waals surface area contributed by atoms with E-state index in [-0.39, 0.29) is 30.7 Å². The Kier molecular flexibility index (Phi) is 10.5. The highest BCUT2D eigenvalue weighted by molar-refractivity contribution is 5.87. The van der Waals surface area contributed by atoms with Gasteiger partial charge in [0.1, 0.15) is 5.54 Å². The van der Waals surface area contributed by atoms with Crippen LogP contribution in [0, 0.1) is 0 Å². The van der Waals surface area contributed by atoms with Crippen molar-refractivity contribution in [3.8, 4) is 0 Å². The molecule has 0 aromatic heterocycles. The summed E-state index contributed by atoms with van der Waals surface area (Å²) in [5, 5.41) is 0. The molecule has 1 aromatic rings. The van der Waals surface area contributed by atoms with E-state index in [4.69, 9.17) is 10.5 Å². The van der Waals surface area contributed by atoms with Gasteiger partial charge in [0.25, 0.3) is 0 Å². The predicted molar refractivity (Wildman–Crippen MR) is 102 cm³/mol. The maximum Gasteiger partial charge on any atom is 0.247 e. The fourth-order valence-corrected chi connectivity index (χ4v) is 2.75. The zero-order valence-corrected chi connectivity index (χ0v) is 16.1.